The van der Waals surface area contributed by atoms with E-state index >= 15 is 0 Å². The van der Waals surface area contributed by atoms with E-state index in [1.54, 1.807) is 18.2 Å². The number of amidine groups is 1. The number of nitrogens with zero attached hydrogens (tertiary/aromatic N) is 3. The summed E-state index contributed by atoms with van der Waals surface area (Å²) in [5.74, 6) is -1.35. The van der Waals surface area contributed by atoms with Crippen molar-refractivity contribution in [2.75, 3.05) is 31.5 Å². The zero-order chi connectivity index (χ0) is 21.1. The number of anilines is 1. The fourth-order valence-electron chi connectivity index (χ4n) is 4.04. The predicted octanol–water partition coefficient (Wildman–Crippen LogP) is 4.50. The Hall–Kier alpha value is -2.51. The SMILES string of the molecule is O/N=C(\Cc1cccc(Cl)c1)c1cc(F)c(F)c2c1CC(=NCCN1CCCC1)N2. The van der Waals surface area contributed by atoms with Gasteiger partial charge < -0.3 is 15.4 Å². The molecule has 1 saturated heterocycles. The van der Waals surface area contributed by atoms with Gasteiger partial charge in [-0.2, -0.15) is 0 Å². The lowest BCUT2D eigenvalue weighted by molar-refractivity contribution is 0.318. The van der Waals surface area contributed by atoms with Crippen LogP contribution < -0.4 is 5.32 Å². The number of nitrogens with one attached hydrogen (secondary N) is 1. The van der Waals surface area contributed by atoms with E-state index in [-0.39, 0.29) is 17.8 Å². The highest BCUT2D eigenvalue weighted by atomic mass is 35.5. The van der Waals surface area contributed by atoms with Crippen LogP contribution in [-0.4, -0.2) is 47.8 Å². The van der Waals surface area contributed by atoms with E-state index < -0.39 is 11.6 Å². The van der Waals surface area contributed by atoms with Crippen LogP contribution in [0.3, 0.4) is 0 Å². The van der Waals surface area contributed by atoms with Gasteiger partial charge in [-0.25, -0.2) is 8.78 Å². The molecule has 2 aliphatic heterocycles. The summed E-state index contributed by atoms with van der Waals surface area (Å²) in [6.45, 7) is 3.62. The fraction of sp³-hybridized carbons (Fsp3) is 0.364. The maximum Gasteiger partial charge on any atom is 0.182 e. The molecule has 158 valence electrons. The van der Waals surface area contributed by atoms with Crippen LogP contribution >= 0.6 is 11.6 Å². The van der Waals surface area contributed by atoms with E-state index in [0.717, 1.165) is 31.3 Å². The van der Waals surface area contributed by atoms with E-state index in [0.29, 0.717) is 35.0 Å². The molecular formula is C22H23ClF2N4O. The van der Waals surface area contributed by atoms with Crippen LogP contribution in [0.15, 0.2) is 40.5 Å². The monoisotopic (exact) mass is 432 g/mol. The molecule has 0 unspecified atom stereocenters. The van der Waals surface area contributed by atoms with Crippen molar-refractivity contribution in [2.45, 2.75) is 25.7 Å². The molecule has 2 heterocycles. The number of likely N-dealkylation sites (tertiary alicyclic amines) is 1. The number of hydrogen-bond acceptors (Lipinski definition) is 4. The second-order valence-electron chi connectivity index (χ2n) is 7.61. The molecule has 8 heteroatoms. The molecule has 30 heavy (non-hydrogen) atoms. The van der Waals surface area contributed by atoms with Crippen molar-refractivity contribution in [1.29, 1.82) is 0 Å². The van der Waals surface area contributed by atoms with E-state index in [9.17, 15) is 14.0 Å². The number of aliphatic imine (C=N–C) groups is 1. The van der Waals surface area contributed by atoms with Gasteiger partial charge in [-0.05, 0) is 55.3 Å². The minimum atomic E-state index is -0.998. The fourth-order valence-corrected chi connectivity index (χ4v) is 4.26. The van der Waals surface area contributed by atoms with Gasteiger partial charge >= 0.3 is 0 Å². The Balaban J connectivity index is 1.57. The highest BCUT2D eigenvalue weighted by Gasteiger charge is 2.28. The van der Waals surface area contributed by atoms with Crippen LogP contribution in [0.5, 0.6) is 0 Å². The molecule has 0 aromatic heterocycles. The first-order valence-electron chi connectivity index (χ1n) is 10.0. The van der Waals surface area contributed by atoms with E-state index in [1.807, 2.05) is 6.07 Å². The van der Waals surface area contributed by atoms with Crippen LogP contribution in [-0.2, 0) is 12.8 Å². The normalized spacial score (nSPS) is 18.1. The highest BCUT2D eigenvalue weighted by molar-refractivity contribution is 6.30. The van der Waals surface area contributed by atoms with Gasteiger partial charge in [0, 0.05) is 30.0 Å². The summed E-state index contributed by atoms with van der Waals surface area (Å²) in [6, 6.07) is 8.19. The molecule has 1 fully saturated rings. The zero-order valence-electron chi connectivity index (χ0n) is 16.5. The molecular weight excluding hydrogens is 410 g/mol. The van der Waals surface area contributed by atoms with Crippen molar-refractivity contribution in [3.05, 3.63) is 63.7 Å². The first kappa shape index (κ1) is 20.8. The van der Waals surface area contributed by atoms with Crippen LogP contribution in [0.25, 0.3) is 0 Å². The van der Waals surface area contributed by atoms with Crippen molar-refractivity contribution >= 4 is 28.8 Å². The van der Waals surface area contributed by atoms with Crippen molar-refractivity contribution in [3.8, 4) is 0 Å². The van der Waals surface area contributed by atoms with Crippen LogP contribution in [0.1, 0.15) is 29.5 Å². The molecule has 2 aromatic rings. The molecule has 2 aliphatic rings. The number of hydrogen-bond donors (Lipinski definition) is 2. The molecule has 0 spiro atoms. The van der Waals surface area contributed by atoms with Crippen LogP contribution in [0.2, 0.25) is 5.02 Å². The lowest BCUT2D eigenvalue weighted by Gasteiger charge is -2.12. The van der Waals surface area contributed by atoms with E-state index in [4.69, 9.17) is 11.6 Å². The zero-order valence-corrected chi connectivity index (χ0v) is 17.2. The highest BCUT2D eigenvalue weighted by Crippen LogP contribution is 2.33. The quantitative estimate of drug-likeness (QED) is 0.401. The van der Waals surface area contributed by atoms with Crippen molar-refractivity contribution in [3.63, 3.8) is 0 Å². The van der Waals surface area contributed by atoms with Gasteiger partial charge in [-0.3, -0.25) is 4.99 Å². The summed E-state index contributed by atoms with van der Waals surface area (Å²) in [6.07, 6.45) is 2.99. The molecule has 5 nitrogen and oxygen atoms in total. The number of oxime groups is 1. The minimum Gasteiger partial charge on any atom is -0.411 e. The minimum absolute atomic E-state index is 0.0668. The summed E-state index contributed by atoms with van der Waals surface area (Å²) < 4.78 is 28.7. The Morgan fingerprint density at radius 2 is 2.00 bits per heavy atom. The van der Waals surface area contributed by atoms with Crippen molar-refractivity contribution in [1.82, 2.24) is 4.90 Å². The van der Waals surface area contributed by atoms with Crippen molar-refractivity contribution < 1.29 is 14.0 Å². The van der Waals surface area contributed by atoms with Gasteiger partial charge in [0.2, 0.25) is 0 Å². The van der Waals surface area contributed by atoms with Gasteiger partial charge in [-0.15, -0.1) is 0 Å². The molecule has 0 saturated carbocycles. The van der Waals surface area contributed by atoms with Crippen LogP contribution in [0.4, 0.5) is 14.5 Å². The number of fused-ring (bicyclic) bond motifs is 1. The van der Waals surface area contributed by atoms with E-state index in [1.165, 1.54) is 12.8 Å². The standard InChI is InChI=1S/C22H23ClF2N4O/c23-15-5-3-4-14(10-15)11-19(28-30)16-12-18(24)21(25)22-17(16)13-20(27-22)26-6-9-29-7-1-2-8-29/h3-5,10,12,30H,1-2,6-9,11,13H2,(H,26,27)/b28-19+. The third-order valence-electron chi connectivity index (χ3n) is 5.55. The Morgan fingerprint density at radius 1 is 1.20 bits per heavy atom. The molecule has 2 N–H and O–H groups in total. The molecule has 0 radical (unpaired) electrons. The molecule has 4 rings (SSSR count). The Labute approximate surface area is 179 Å². The maximum absolute atomic E-state index is 14.5. The van der Waals surface area contributed by atoms with Gasteiger partial charge in [-0.1, -0.05) is 28.9 Å². The molecule has 0 atom stereocenters. The van der Waals surface area contributed by atoms with E-state index in [2.05, 4.69) is 20.4 Å². The Bertz CT molecular complexity index is 1000. The smallest absolute Gasteiger partial charge is 0.182 e. The third-order valence-corrected chi connectivity index (χ3v) is 5.79. The first-order valence-corrected chi connectivity index (χ1v) is 10.4. The second kappa shape index (κ2) is 9.10. The maximum atomic E-state index is 14.5. The summed E-state index contributed by atoms with van der Waals surface area (Å²) in [7, 11) is 0. The Kier molecular flexibility index (Phi) is 6.29. The molecule has 2 aromatic carbocycles. The van der Waals surface area contributed by atoms with Gasteiger partial charge in [0.25, 0.3) is 0 Å². The summed E-state index contributed by atoms with van der Waals surface area (Å²) in [5.41, 5.74) is 2.02. The first-order chi connectivity index (χ1) is 14.5. The second-order valence-corrected chi connectivity index (χ2v) is 8.04. The number of halogens is 3. The molecule has 0 amide bonds. The topological polar surface area (TPSA) is 60.2 Å². The Morgan fingerprint density at radius 3 is 2.73 bits per heavy atom. The number of benzene rings is 2. The molecule has 0 bridgehead atoms. The number of rotatable bonds is 6. The average Bonchev–Trinajstić information content (AvgIpc) is 3.39. The van der Waals surface area contributed by atoms with Gasteiger partial charge in [0.15, 0.2) is 11.6 Å². The average molecular weight is 433 g/mol. The summed E-state index contributed by atoms with van der Waals surface area (Å²) in [4.78, 5) is 6.90. The van der Waals surface area contributed by atoms with Gasteiger partial charge in [0.1, 0.15) is 5.84 Å². The lowest BCUT2D eigenvalue weighted by Crippen LogP contribution is -2.23. The van der Waals surface area contributed by atoms with Crippen LogP contribution in [0, 0.1) is 11.6 Å². The lowest BCUT2D eigenvalue weighted by atomic mass is 9.95. The molecule has 0 aliphatic carbocycles. The summed E-state index contributed by atoms with van der Waals surface area (Å²) in [5, 5.41) is 16.5. The predicted molar refractivity (Wildman–Crippen MR) is 115 cm³/mol. The summed E-state index contributed by atoms with van der Waals surface area (Å²) >= 11 is 6.03. The largest absolute Gasteiger partial charge is 0.411 e. The van der Waals surface area contributed by atoms with Gasteiger partial charge in [0.05, 0.1) is 17.9 Å². The third kappa shape index (κ3) is 4.47. The van der Waals surface area contributed by atoms with Crippen molar-refractivity contribution in [2.24, 2.45) is 10.1 Å².